The van der Waals surface area contributed by atoms with Crippen molar-refractivity contribution in [2.45, 2.75) is 13.3 Å². The van der Waals surface area contributed by atoms with Crippen LogP contribution in [-0.4, -0.2) is 6.16 Å². The molecule has 0 aliphatic rings. The maximum absolute atomic E-state index is 2.91. The summed E-state index contributed by atoms with van der Waals surface area (Å²) in [5, 5.41) is 0. The van der Waals surface area contributed by atoms with E-state index in [2.05, 4.69) is 36.9 Å². The molecule has 0 aromatic rings. The maximum atomic E-state index is 2.91. The molecule has 0 aromatic carbocycles. The van der Waals surface area contributed by atoms with Crippen molar-refractivity contribution in [1.29, 1.82) is 0 Å². The molecule has 0 aliphatic heterocycles. The van der Waals surface area contributed by atoms with Crippen LogP contribution in [-0.2, 0) is 0 Å². The Morgan fingerprint density at radius 1 is 1.56 bits per heavy atom. The third-order valence-electron chi connectivity index (χ3n) is 0.870. The van der Waals surface area contributed by atoms with Gasteiger partial charge in [0.25, 0.3) is 0 Å². The molecular formula is C5H14P4. The third-order valence-corrected chi connectivity index (χ3v) is 11.0. The van der Waals surface area contributed by atoms with Gasteiger partial charge in [0.05, 0.1) is 0 Å². The molecule has 0 spiro atoms. The Hall–Kier alpha value is 1.46. The van der Waals surface area contributed by atoms with Crippen molar-refractivity contribution in [2.75, 3.05) is 6.16 Å². The second kappa shape index (κ2) is 7.57. The smallest absolute Gasteiger partial charge is 0.00714 e. The fraction of sp³-hybridized carbons (Fsp3) is 0.600. The average Bonchev–Trinajstić information content (AvgIpc) is 1.89. The molecule has 0 saturated carbocycles. The van der Waals surface area contributed by atoms with Crippen molar-refractivity contribution in [1.82, 2.24) is 0 Å². The van der Waals surface area contributed by atoms with Crippen LogP contribution in [0.15, 0.2) is 12.2 Å². The third kappa shape index (κ3) is 7.36. The highest BCUT2D eigenvalue weighted by atomic mass is 32.6. The van der Waals surface area contributed by atoms with Crippen LogP contribution in [0.1, 0.15) is 13.3 Å². The van der Waals surface area contributed by atoms with E-state index in [1.807, 2.05) is 0 Å². The molecule has 0 rings (SSSR count). The molecule has 0 heterocycles. The van der Waals surface area contributed by atoms with E-state index < -0.39 is 0 Å². The summed E-state index contributed by atoms with van der Waals surface area (Å²) in [6, 6.07) is 0. The highest BCUT2D eigenvalue weighted by Crippen LogP contribution is 2.65. The zero-order valence-corrected chi connectivity index (χ0v) is 9.87. The van der Waals surface area contributed by atoms with Crippen LogP contribution in [0.4, 0.5) is 0 Å². The Bertz CT molecular complexity index is 81.0. The summed E-state index contributed by atoms with van der Waals surface area (Å²) >= 11 is 0. The molecule has 0 saturated heterocycles. The van der Waals surface area contributed by atoms with Gasteiger partial charge in [-0.3, -0.25) is 0 Å². The Kier molecular flexibility index (Phi) is 8.79. The van der Waals surface area contributed by atoms with Gasteiger partial charge in [-0.1, -0.05) is 34.3 Å². The second-order valence-electron chi connectivity index (χ2n) is 1.66. The van der Waals surface area contributed by atoms with Gasteiger partial charge in [-0.05, 0) is 12.6 Å². The van der Waals surface area contributed by atoms with Crippen LogP contribution >= 0.6 is 33.1 Å². The van der Waals surface area contributed by atoms with Gasteiger partial charge in [-0.15, -0.1) is 17.9 Å². The minimum Gasteiger partial charge on any atom is -0.110 e. The molecule has 0 amide bonds. The van der Waals surface area contributed by atoms with Crippen molar-refractivity contribution in [3.63, 3.8) is 0 Å². The molecular weight excluding hydrogens is 184 g/mol. The zero-order valence-electron chi connectivity index (χ0n) is 5.67. The van der Waals surface area contributed by atoms with Gasteiger partial charge in [-0.2, -0.15) is 0 Å². The normalized spacial score (nSPS) is 15.9. The van der Waals surface area contributed by atoms with E-state index in [1.165, 1.54) is 12.6 Å². The van der Waals surface area contributed by atoms with Gasteiger partial charge >= 0.3 is 0 Å². The van der Waals surface area contributed by atoms with Crippen LogP contribution in [0.5, 0.6) is 0 Å². The summed E-state index contributed by atoms with van der Waals surface area (Å²) in [6.45, 7) is 2.17. The van der Waals surface area contributed by atoms with E-state index in [9.17, 15) is 0 Å². The van der Waals surface area contributed by atoms with Crippen molar-refractivity contribution in [3.8, 4) is 0 Å². The summed E-state index contributed by atoms with van der Waals surface area (Å²) in [4.78, 5) is 0. The first-order valence-electron chi connectivity index (χ1n) is 2.94. The fourth-order valence-electron chi connectivity index (χ4n) is 0.407. The lowest BCUT2D eigenvalue weighted by Crippen LogP contribution is -1.62. The number of rotatable bonds is 4. The number of allylic oxidation sites excluding steroid dienone is 2. The highest BCUT2D eigenvalue weighted by Gasteiger charge is 1.90. The lowest BCUT2D eigenvalue weighted by atomic mass is 10.4. The van der Waals surface area contributed by atoms with Gasteiger partial charge in [0.2, 0.25) is 0 Å². The van der Waals surface area contributed by atoms with E-state index in [0.717, 1.165) is 7.96 Å². The average molecular weight is 198 g/mol. The van der Waals surface area contributed by atoms with Gasteiger partial charge in [0.15, 0.2) is 0 Å². The SMILES string of the molecule is CCC=CCP(P)PP. The Morgan fingerprint density at radius 3 is 2.67 bits per heavy atom. The zero-order chi connectivity index (χ0) is 7.11. The minimum absolute atomic E-state index is 0.231. The fourth-order valence-corrected chi connectivity index (χ4v) is 2.84. The first-order chi connectivity index (χ1) is 4.31. The monoisotopic (exact) mass is 198 g/mol. The molecule has 0 aliphatic carbocycles. The molecule has 0 nitrogen and oxygen atoms in total. The van der Waals surface area contributed by atoms with Crippen molar-refractivity contribution < 1.29 is 0 Å². The highest BCUT2D eigenvalue weighted by molar-refractivity contribution is 8.61. The first kappa shape index (κ1) is 10.5. The van der Waals surface area contributed by atoms with E-state index in [4.69, 9.17) is 0 Å². The van der Waals surface area contributed by atoms with E-state index in [0.29, 0.717) is 0 Å². The van der Waals surface area contributed by atoms with E-state index in [-0.39, 0.29) is 7.30 Å². The number of hydrogen-bond donors (Lipinski definition) is 0. The lowest BCUT2D eigenvalue weighted by Gasteiger charge is -2.02. The van der Waals surface area contributed by atoms with E-state index in [1.54, 1.807) is 0 Å². The maximum Gasteiger partial charge on any atom is -0.00714 e. The van der Waals surface area contributed by atoms with Crippen molar-refractivity contribution in [3.05, 3.63) is 12.2 Å². The van der Waals surface area contributed by atoms with Crippen molar-refractivity contribution in [2.24, 2.45) is 0 Å². The van der Waals surface area contributed by atoms with Crippen LogP contribution in [0.3, 0.4) is 0 Å². The molecule has 4 atom stereocenters. The van der Waals surface area contributed by atoms with Crippen LogP contribution in [0, 0.1) is 0 Å². The quantitative estimate of drug-likeness (QED) is 0.478. The van der Waals surface area contributed by atoms with Gasteiger partial charge in [0.1, 0.15) is 0 Å². The molecule has 0 fully saturated rings. The van der Waals surface area contributed by atoms with Crippen LogP contribution in [0.2, 0.25) is 0 Å². The Balaban J connectivity index is 3.15. The van der Waals surface area contributed by atoms with Crippen LogP contribution in [0.25, 0.3) is 0 Å². The Morgan fingerprint density at radius 2 is 2.22 bits per heavy atom. The van der Waals surface area contributed by atoms with E-state index >= 15 is 0 Å². The summed E-state index contributed by atoms with van der Waals surface area (Å²) in [6.07, 6.45) is 6.98. The topological polar surface area (TPSA) is 0 Å². The van der Waals surface area contributed by atoms with Gasteiger partial charge < -0.3 is 0 Å². The minimum atomic E-state index is 0.231. The van der Waals surface area contributed by atoms with Gasteiger partial charge in [0, 0.05) is 0 Å². The molecule has 0 N–H and O–H groups in total. The summed E-state index contributed by atoms with van der Waals surface area (Å²) in [5.41, 5.74) is 0. The van der Waals surface area contributed by atoms with Gasteiger partial charge in [-0.25, -0.2) is 0 Å². The lowest BCUT2D eigenvalue weighted by molar-refractivity contribution is 1.22. The molecule has 54 valence electrons. The predicted molar refractivity (Wildman–Crippen MR) is 59.0 cm³/mol. The Labute approximate surface area is 65.3 Å². The predicted octanol–water partition coefficient (Wildman–Crippen LogP) is 3.61. The summed E-state index contributed by atoms with van der Waals surface area (Å²) < 4.78 is 0. The van der Waals surface area contributed by atoms with Crippen molar-refractivity contribution >= 4 is 33.1 Å². The summed E-state index contributed by atoms with van der Waals surface area (Å²) in [5.74, 6) is 0. The molecule has 4 heteroatoms. The second-order valence-corrected chi connectivity index (χ2v) is 11.5. The molecule has 0 bridgehead atoms. The largest absolute Gasteiger partial charge is 0.110 e. The first-order valence-corrected chi connectivity index (χ1v) is 9.74. The molecule has 9 heavy (non-hydrogen) atoms. The molecule has 0 radical (unpaired) electrons. The number of hydrogen-bond acceptors (Lipinski definition) is 0. The molecule has 0 aromatic heterocycles. The van der Waals surface area contributed by atoms with Crippen LogP contribution < -0.4 is 0 Å². The standard InChI is InChI=1S/C5H14P4/c1-2-3-4-5-9(7)8-6/h3-4,8H,2,5-7H2,1H3. The summed E-state index contributed by atoms with van der Waals surface area (Å²) in [7, 11) is 6.98. The molecule has 4 unspecified atom stereocenters.